The summed E-state index contributed by atoms with van der Waals surface area (Å²) in [6.07, 6.45) is 3.22. The highest BCUT2D eigenvalue weighted by Gasteiger charge is 2.14. The minimum atomic E-state index is -3.51. The molecular weight excluding hydrogens is 318 g/mol. The highest BCUT2D eigenvalue weighted by Crippen LogP contribution is 2.19. The first-order valence-corrected chi connectivity index (χ1v) is 7.51. The van der Waals surface area contributed by atoms with E-state index in [0.29, 0.717) is 5.82 Å². The molecule has 1 aromatic heterocycles. The van der Waals surface area contributed by atoms with Gasteiger partial charge in [0.1, 0.15) is 5.82 Å². The van der Waals surface area contributed by atoms with E-state index in [2.05, 4.69) is 30.6 Å². The lowest BCUT2D eigenvalue weighted by Crippen LogP contribution is -2.23. The molecule has 0 fully saturated rings. The minimum absolute atomic E-state index is 0.143. The van der Waals surface area contributed by atoms with E-state index in [1.165, 1.54) is 0 Å². The van der Waals surface area contributed by atoms with E-state index in [1.54, 1.807) is 30.6 Å². The number of benzene rings is 1. The average molecular weight is 330 g/mol. The fraction of sp³-hybridized carbons (Fsp3) is 0.182. The van der Waals surface area contributed by atoms with Crippen molar-refractivity contribution in [3.63, 3.8) is 0 Å². The number of aromatic nitrogens is 2. The molecule has 7 heteroatoms. The Morgan fingerprint density at radius 1 is 1.44 bits per heavy atom. The Hall–Kier alpha value is -1.18. The summed E-state index contributed by atoms with van der Waals surface area (Å²) in [4.78, 5) is 7.04. The Bertz CT molecular complexity index is 638. The number of sulfonamides is 1. The van der Waals surface area contributed by atoms with Gasteiger partial charge in [-0.2, -0.15) is 0 Å². The molecule has 0 aliphatic carbocycles. The van der Waals surface area contributed by atoms with Gasteiger partial charge in [0, 0.05) is 16.9 Å². The van der Waals surface area contributed by atoms with Gasteiger partial charge < -0.3 is 4.98 Å². The fourth-order valence-corrected chi connectivity index (χ4v) is 2.74. The molecule has 1 aromatic carbocycles. The minimum Gasteiger partial charge on any atom is -0.347 e. The van der Waals surface area contributed by atoms with Gasteiger partial charge in [-0.1, -0.05) is 15.9 Å². The van der Waals surface area contributed by atoms with E-state index in [0.717, 1.165) is 10.0 Å². The van der Waals surface area contributed by atoms with E-state index in [9.17, 15) is 8.42 Å². The molecule has 0 bridgehead atoms. The summed E-state index contributed by atoms with van der Waals surface area (Å²) < 4.78 is 27.4. The van der Waals surface area contributed by atoms with Crippen LogP contribution >= 0.6 is 15.9 Å². The topological polar surface area (TPSA) is 74.8 Å². The van der Waals surface area contributed by atoms with Crippen LogP contribution in [0.1, 0.15) is 11.4 Å². The lowest BCUT2D eigenvalue weighted by Gasteiger charge is -2.07. The number of H-pyrrole nitrogens is 1. The third kappa shape index (κ3) is 2.98. The van der Waals surface area contributed by atoms with Crippen molar-refractivity contribution in [3.05, 3.63) is 46.5 Å². The Morgan fingerprint density at radius 3 is 2.83 bits per heavy atom. The maximum Gasteiger partial charge on any atom is 0.240 e. The largest absolute Gasteiger partial charge is 0.347 e. The zero-order chi connectivity index (χ0) is 13.2. The number of aryl methyl sites for hydroxylation is 1. The predicted molar refractivity (Wildman–Crippen MR) is 71.5 cm³/mol. The van der Waals surface area contributed by atoms with E-state index < -0.39 is 10.0 Å². The normalized spacial score (nSPS) is 11.7. The van der Waals surface area contributed by atoms with Crippen LogP contribution in [0.3, 0.4) is 0 Å². The molecule has 5 nitrogen and oxygen atoms in total. The van der Waals surface area contributed by atoms with Gasteiger partial charge in [-0.25, -0.2) is 18.1 Å². The number of halogens is 1. The number of imidazole rings is 1. The molecule has 0 spiro atoms. The second kappa shape index (κ2) is 5.21. The van der Waals surface area contributed by atoms with Crippen molar-refractivity contribution in [2.24, 2.45) is 0 Å². The van der Waals surface area contributed by atoms with Crippen LogP contribution in [0, 0.1) is 6.92 Å². The van der Waals surface area contributed by atoms with Crippen LogP contribution in [0.2, 0.25) is 0 Å². The van der Waals surface area contributed by atoms with Gasteiger partial charge in [0.25, 0.3) is 0 Å². The van der Waals surface area contributed by atoms with Crippen LogP contribution < -0.4 is 4.72 Å². The van der Waals surface area contributed by atoms with Gasteiger partial charge in [-0.3, -0.25) is 0 Å². The second-order valence-corrected chi connectivity index (χ2v) is 6.39. The van der Waals surface area contributed by atoms with E-state index in [-0.39, 0.29) is 11.4 Å². The van der Waals surface area contributed by atoms with Crippen molar-refractivity contribution >= 4 is 26.0 Å². The molecule has 0 amide bonds. The first kappa shape index (κ1) is 13.3. The fourth-order valence-electron chi connectivity index (χ4n) is 1.43. The van der Waals surface area contributed by atoms with E-state index in [1.807, 2.05) is 6.92 Å². The van der Waals surface area contributed by atoms with Crippen LogP contribution in [0.15, 0.2) is 40.0 Å². The Kier molecular flexibility index (Phi) is 3.84. The van der Waals surface area contributed by atoms with Crippen molar-refractivity contribution in [2.75, 3.05) is 0 Å². The third-order valence-electron chi connectivity index (χ3n) is 2.42. The van der Waals surface area contributed by atoms with E-state index >= 15 is 0 Å². The zero-order valence-corrected chi connectivity index (χ0v) is 12.0. The summed E-state index contributed by atoms with van der Waals surface area (Å²) in [5.74, 6) is 0.576. The molecule has 0 radical (unpaired) electrons. The first-order chi connectivity index (χ1) is 8.49. The molecule has 0 unspecified atom stereocenters. The maximum absolute atomic E-state index is 12.0. The summed E-state index contributed by atoms with van der Waals surface area (Å²) in [5.41, 5.74) is 0.871. The highest BCUT2D eigenvalue weighted by molar-refractivity contribution is 9.10. The van der Waals surface area contributed by atoms with E-state index in [4.69, 9.17) is 0 Å². The summed E-state index contributed by atoms with van der Waals surface area (Å²) in [7, 11) is -3.51. The van der Waals surface area contributed by atoms with Gasteiger partial charge in [-0.15, -0.1) is 0 Å². The summed E-state index contributed by atoms with van der Waals surface area (Å²) in [5, 5.41) is 0. The van der Waals surface area contributed by atoms with Crippen LogP contribution in [-0.2, 0) is 16.6 Å². The molecule has 18 heavy (non-hydrogen) atoms. The Labute approximate surface area is 114 Å². The maximum atomic E-state index is 12.0. The van der Waals surface area contributed by atoms with Crippen LogP contribution in [0.25, 0.3) is 0 Å². The van der Waals surface area contributed by atoms with Gasteiger partial charge >= 0.3 is 0 Å². The Balaban J connectivity index is 2.17. The molecule has 96 valence electrons. The molecule has 0 atom stereocenters. The molecular formula is C11H12BrN3O2S. The van der Waals surface area contributed by atoms with Crippen LogP contribution in [-0.4, -0.2) is 18.4 Å². The monoisotopic (exact) mass is 329 g/mol. The molecule has 1 heterocycles. The van der Waals surface area contributed by atoms with Gasteiger partial charge in [-0.05, 0) is 30.7 Å². The average Bonchev–Trinajstić information content (AvgIpc) is 2.83. The second-order valence-electron chi connectivity index (χ2n) is 3.77. The SMILES string of the molecule is Cc1cc(S(=O)(=O)NCc2ncc[nH]2)ccc1Br. The van der Waals surface area contributed by atoms with Gasteiger partial charge in [0.2, 0.25) is 10.0 Å². The summed E-state index contributed by atoms with van der Waals surface area (Å²) in [6.45, 7) is 1.99. The quantitative estimate of drug-likeness (QED) is 0.900. The third-order valence-corrected chi connectivity index (χ3v) is 4.71. The van der Waals surface area contributed by atoms with Gasteiger partial charge in [0.15, 0.2) is 0 Å². The van der Waals surface area contributed by atoms with Crippen molar-refractivity contribution in [3.8, 4) is 0 Å². The number of nitrogens with one attached hydrogen (secondary N) is 2. The first-order valence-electron chi connectivity index (χ1n) is 5.23. The molecule has 2 aromatic rings. The standard InChI is InChI=1S/C11H12BrN3O2S/c1-8-6-9(2-3-10(8)12)18(16,17)15-7-11-13-4-5-14-11/h2-6,15H,7H2,1H3,(H,13,14). The van der Waals surface area contributed by atoms with Crippen molar-refractivity contribution in [1.82, 2.24) is 14.7 Å². The predicted octanol–water partition coefficient (Wildman–Crippen LogP) is 1.96. The van der Waals surface area contributed by atoms with Crippen molar-refractivity contribution in [2.45, 2.75) is 18.4 Å². The number of rotatable bonds is 4. The number of hydrogen-bond donors (Lipinski definition) is 2. The Morgan fingerprint density at radius 2 is 2.22 bits per heavy atom. The van der Waals surface area contributed by atoms with Crippen molar-refractivity contribution < 1.29 is 8.42 Å². The van der Waals surface area contributed by atoms with Crippen molar-refractivity contribution in [1.29, 1.82) is 0 Å². The number of hydrogen-bond acceptors (Lipinski definition) is 3. The number of nitrogens with zero attached hydrogens (tertiary/aromatic N) is 1. The molecule has 0 aliphatic heterocycles. The lowest BCUT2D eigenvalue weighted by molar-refractivity contribution is 0.579. The number of aromatic amines is 1. The zero-order valence-electron chi connectivity index (χ0n) is 9.64. The molecule has 2 rings (SSSR count). The van der Waals surface area contributed by atoms with Crippen LogP contribution in [0.4, 0.5) is 0 Å². The molecule has 2 N–H and O–H groups in total. The van der Waals surface area contributed by atoms with Gasteiger partial charge in [0.05, 0.1) is 11.4 Å². The molecule has 0 aliphatic rings. The highest BCUT2D eigenvalue weighted by atomic mass is 79.9. The molecule has 0 saturated heterocycles. The lowest BCUT2D eigenvalue weighted by atomic mass is 10.2. The molecule has 0 saturated carbocycles. The summed E-state index contributed by atoms with van der Waals surface area (Å²) >= 11 is 3.34. The smallest absolute Gasteiger partial charge is 0.240 e. The summed E-state index contributed by atoms with van der Waals surface area (Å²) in [6, 6.07) is 4.90. The van der Waals surface area contributed by atoms with Crippen LogP contribution in [0.5, 0.6) is 0 Å².